The molecule has 0 radical (unpaired) electrons. The highest BCUT2D eigenvalue weighted by molar-refractivity contribution is 5.86. The zero-order valence-electron chi connectivity index (χ0n) is 13.1. The van der Waals surface area contributed by atoms with Gasteiger partial charge in [0.1, 0.15) is 6.04 Å². The Kier molecular flexibility index (Phi) is 39.3. The molecule has 9 N–H and O–H groups in total. The Hall–Kier alpha value is -0.350. The van der Waals surface area contributed by atoms with Crippen LogP contribution in [0.1, 0.15) is 32.1 Å². The molecule has 11 heteroatoms. The molecule has 1 atom stereocenters. The highest BCUT2D eigenvalue weighted by atomic mass is 35.5. The van der Waals surface area contributed by atoms with E-state index in [0.29, 0.717) is 0 Å². The van der Waals surface area contributed by atoms with Crippen LogP contribution in [0.4, 0.5) is 0 Å². The van der Waals surface area contributed by atoms with E-state index < -0.39 is 18.0 Å². The number of nitrogens with two attached hydrogens (primary N) is 3. The van der Waals surface area contributed by atoms with Crippen molar-refractivity contribution < 1.29 is 19.8 Å². The van der Waals surface area contributed by atoms with Crippen molar-refractivity contribution in [2.24, 2.45) is 17.2 Å². The van der Waals surface area contributed by atoms with Crippen LogP contribution in [0.2, 0.25) is 0 Å². The monoisotopic (exact) mass is 400 g/mol. The number of carboxylic acid groups (broad SMARTS) is 2. The van der Waals surface area contributed by atoms with E-state index in [4.69, 9.17) is 27.4 Å². The fourth-order valence-corrected chi connectivity index (χ4v) is 1.15. The van der Waals surface area contributed by atoms with E-state index in [2.05, 4.69) is 5.32 Å². The van der Waals surface area contributed by atoms with E-state index in [9.17, 15) is 9.59 Å². The van der Waals surface area contributed by atoms with Crippen LogP contribution in [0, 0.1) is 0 Å². The zero-order chi connectivity index (χ0) is 15.8. The first-order chi connectivity index (χ1) is 9.45. The van der Waals surface area contributed by atoms with Gasteiger partial charge in [-0.25, -0.2) is 0 Å². The van der Waals surface area contributed by atoms with Gasteiger partial charge in [-0.2, -0.15) is 0 Å². The summed E-state index contributed by atoms with van der Waals surface area (Å²) in [4.78, 5) is 19.9. The lowest BCUT2D eigenvalue weighted by Gasteiger charge is -2.01. The van der Waals surface area contributed by atoms with Crippen LogP contribution in [-0.4, -0.2) is 54.4 Å². The fourth-order valence-electron chi connectivity index (χ4n) is 1.15. The number of rotatable bonds is 11. The van der Waals surface area contributed by atoms with Gasteiger partial charge in [0.25, 0.3) is 0 Å². The second kappa shape index (κ2) is 26.5. The SMILES string of the molecule is Cl.Cl.Cl.NC(CCC(=O)O)C(=O)O.NCCCCNCCCN. The Morgan fingerprint density at radius 1 is 0.913 bits per heavy atom. The minimum absolute atomic E-state index is 0. The van der Waals surface area contributed by atoms with Crippen LogP contribution in [-0.2, 0) is 9.59 Å². The summed E-state index contributed by atoms with van der Waals surface area (Å²) in [5.74, 6) is -2.20. The fraction of sp³-hybridized carbons (Fsp3) is 0.833. The lowest BCUT2D eigenvalue weighted by atomic mass is 10.2. The zero-order valence-corrected chi connectivity index (χ0v) is 15.6. The Morgan fingerprint density at radius 3 is 1.78 bits per heavy atom. The Morgan fingerprint density at radius 2 is 1.39 bits per heavy atom. The van der Waals surface area contributed by atoms with Gasteiger partial charge < -0.3 is 32.7 Å². The number of hydrogen-bond acceptors (Lipinski definition) is 6. The molecule has 0 fully saturated rings. The third-order valence-electron chi connectivity index (χ3n) is 2.35. The summed E-state index contributed by atoms with van der Waals surface area (Å²) in [6.07, 6.45) is 3.15. The Balaban J connectivity index is -0.0000000831. The van der Waals surface area contributed by atoms with Gasteiger partial charge >= 0.3 is 11.9 Å². The third kappa shape index (κ3) is 34.1. The van der Waals surface area contributed by atoms with Crippen molar-refractivity contribution in [2.75, 3.05) is 26.2 Å². The molecule has 0 aliphatic rings. The molecule has 0 rings (SSSR count). The molecule has 144 valence electrons. The number of aliphatic carboxylic acids is 2. The summed E-state index contributed by atoms with van der Waals surface area (Å²) >= 11 is 0. The van der Waals surface area contributed by atoms with Gasteiger partial charge in [0.15, 0.2) is 0 Å². The highest BCUT2D eigenvalue weighted by Crippen LogP contribution is 1.93. The highest BCUT2D eigenvalue weighted by Gasteiger charge is 2.12. The number of carboxylic acids is 2. The van der Waals surface area contributed by atoms with E-state index in [1.165, 1.54) is 6.42 Å². The quantitative estimate of drug-likeness (QED) is 0.267. The molecule has 0 amide bonds. The van der Waals surface area contributed by atoms with Crippen molar-refractivity contribution >= 4 is 49.2 Å². The second-order valence-electron chi connectivity index (χ2n) is 4.27. The van der Waals surface area contributed by atoms with Crippen LogP contribution in [0.15, 0.2) is 0 Å². The first kappa shape index (κ1) is 34.1. The Bertz CT molecular complexity index is 256. The molecule has 0 aromatic carbocycles. The van der Waals surface area contributed by atoms with E-state index in [0.717, 1.165) is 39.0 Å². The molecular weight excluding hydrogens is 371 g/mol. The maximum absolute atomic E-state index is 9.99. The van der Waals surface area contributed by atoms with E-state index in [1.807, 2.05) is 0 Å². The topological polar surface area (TPSA) is 165 Å². The molecule has 0 aliphatic heterocycles. The molecule has 0 saturated heterocycles. The minimum atomic E-state index is -1.17. The number of halogens is 3. The average Bonchev–Trinajstić information content (AvgIpc) is 2.40. The minimum Gasteiger partial charge on any atom is -0.481 e. The van der Waals surface area contributed by atoms with Gasteiger partial charge in [-0.3, -0.25) is 9.59 Å². The van der Waals surface area contributed by atoms with Crippen LogP contribution in [0.25, 0.3) is 0 Å². The molecule has 8 nitrogen and oxygen atoms in total. The lowest BCUT2D eigenvalue weighted by molar-refractivity contribution is -0.139. The lowest BCUT2D eigenvalue weighted by Crippen LogP contribution is -2.30. The average molecular weight is 402 g/mol. The summed E-state index contributed by atoms with van der Waals surface area (Å²) in [7, 11) is 0. The number of nitrogens with one attached hydrogen (secondary N) is 1. The maximum atomic E-state index is 9.99. The van der Waals surface area contributed by atoms with Gasteiger partial charge in [-0.1, -0.05) is 0 Å². The summed E-state index contributed by atoms with van der Waals surface area (Å²) in [6, 6.07) is -1.06. The maximum Gasteiger partial charge on any atom is 0.320 e. The molecular formula is C12H31Cl3N4O4. The van der Waals surface area contributed by atoms with Crippen molar-refractivity contribution in [1.29, 1.82) is 0 Å². The predicted molar refractivity (Wildman–Crippen MR) is 99.1 cm³/mol. The van der Waals surface area contributed by atoms with Crippen molar-refractivity contribution in [3.05, 3.63) is 0 Å². The molecule has 0 aromatic rings. The van der Waals surface area contributed by atoms with Gasteiger partial charge in [0, 0.05) is 6.42 Å². The summed E-state index contributed by atoms with van der Waals surface area (Å²) in [5.41, 5.74) is 15.6. The van der Waals surface area contributed by atoms with Crippen molar-refractivity contribution in [3.63, 3.8) is 0 Å². The van der Waals surface area contributed by atoms with Crippen molar-refractivity contribution in [3.8, 4) is 0 Å². The van der Waals surface area contributed by atoms with Crippen LogP contribution in [0.3, 0.4) is 0 Å². The third-order valence-corrected chi connectivity index (χ3v) is 2.35. The molecule has 23 heavy (non-hydrogen) atoms. The number of carbonyl (C=O) groups is 2. The van der Waals surface area contributed by atoms with Gasteiger partial charge in [-0.05, 0) is 51.9 Å². The Labute approximate surface area is 156 Å². The first-order valence-corrected chi connectivity index (χ1v) is 6.76. The molecule has 0 aliphatic carbocycles. The molecule has 0 heterocycles. The van der Waals surface area contributed by atoms with Crippen molar-refractivity contribution in [2.45, 2.75) is 38.1 Å². The summed E-state index contributed by atoms with van der Waals surface area (Å²) in [5, 5.41) is 19.6. The normalized spacial score (nSPS) is 9.87. The van der Waals surface area contributed by atoms with E-state index in [-0.39, 0.29) is 50.1 Å². The molecule has 0 saturated carbocycles. The summed E-state index contributed by atoms with van der Waals surface area (Å²) in [6.45, 7) is 3.71. The van der Waals surface area contributed by atoms with Crippen LogP contribution in [0.5, 0.6) is 0 Å². The molecule has 0 spiro atoms. The first-order valence-electron chi connectivity index (χ1n) is 6.76. The van der Waals surface area contributed by atoms with E-state index >= 15 is 0 Å². The predicted octanol–water partition coefficient (Wildman–Crippen LogP) is 0.192. The second-order valence-corrected chi connectivity index (χ2v) is 4.27. The van der Waals surface area contributed by atoms with Gasteiger partial charge in [0.05, 0.1) is 0 Å². The molecule has 1 unspecified atom stereocenters. The summed E-state index contributed by atoms with van der Waals surface area (Å²) < 4.78 is 0. The van der Waals surface area contributed by atoms with Gasteiger partial charge in [0.2, 0.25) is 0 Å². The van der Waals surface area contributed by atoms with Gasteiger partial charge in [-0.15, -0.1) is 37.2 Å². The molecule has 0 bridgehead atoms. The number of hydrogen-bond donors (Lipinski definition) is 6. The molecule has 0 aromatic heterocycles. The van der Waals surface area contributed by atoms with Crippen LogP contribution < -0.4 is 22.5 Å². The largest absolute Gasteiger partial charge is 0.481 e. The number of unbranched alkanes of at least 4 members (excludes halogenated alkanes) is 1. The van der Waals surface area contributed by atoms with Crippen LogP contribution >= 0.6 is 37.2 Å². The van der Waals surface area contributed by atoms with Crippen molar-refractivity contribution in [1.82, 2.24) is 5.32 Å². The smallest absolute Gasteiger partial charge is 0.320 e. The standard InChI is InChI=1S/C7H19N3.C5H9NO4.3ClH/c8-4-1-2-6-10-7-3-5-9;6-3(5(9)10)1-2-4(7)8;;;/h10H,1-9H2;3H,1-2,6H2,(H,7,8)(H,9,10);3*1H. The van der Waals surface area contributed by atoms with E-state index in [1.54, 1.807) is 0 Å².